The average molecular weight is 333 g/mol. The van der Waals surface area contributed by atoms with Gasteiger partial charge in [0.2, 0.25) is 5.91 Å². The molecule has 128 valence electrons. The van der Waals surface area contributed by atoms with Crippen LogP contribution in [0.1, 0.15) is 27.2 Å². The van der Waals surface area contributed by atoms with Crippen LogP contribution in [0.5, 0.6) is 0 Å². The number of benzene rings is 1. The number of nitrogens with one attached hydrogen (secondary N) is 1. The summed E-state index contributed by atoms with van der Waals surface area (Å²) in [5.41, 5.74) is -0.329. The van der Waals surface area contributed by atoms with Gasteiger partial charge in [0.05, 0.1) is 11.7 Å². The van der Waals surface area contributed by atoms with Gasteiger partial charge >= 0.3 is 6.03 Å². The summed E-state index contributed by atoms with van der Waals surface area (Å²) in [6.45, 7) is 5.82. The van der Waals surface area contributed by atoms with Gasteiger partial charge in [-0.25, -0.2) is 14.1 Å². The van der Waals surface area contributed by atoms with Gasteiger partial charge in [0.25, 0.3) is 5.91 Å². The molecule has 2 fully saturated rings. The van der Waals surface area contributed by atoms with Gasteiger partial charge in [-0.2, -0.15) is 0 Å². The van der Waals surface area contributed by atoms with Crippen molar-refractivity contribution in [2.45, 2.75) is 39.3 Å². The van der Waals surface area contributed by atoms with Crippen molar-refractivity contribution in [2.24, 2.45) is 5.41 Å². The summed E-state index contributed by atoms with van der Waals surface area (Å²) in [6, 6.07) is 3.48. The first-order chi connectivity index (χ1) is 11.2. The van der Waals surface area contributed by atoms with Gasteiger partial charge < -0.3 is 10.2 Å². The number of urea groups is 1. The zero-order valence-electron chi connectivity index (χ0n) is 13.9. The Bertz CT molecular complexity index is 696. The molecule has 7 heteroatoms. The van der Waals surface area contributed by atoms with Crippen LogP contribution in [0.15, 0.2) is 24.3 Å². The van der Waals surface area contributed by atoms with Crippen molar-refractivity contribution >= 4 is 23.5 Å². The molecular formula is C17H20FN3O3. The highest BCUT2D eigenvalue weighted by Crippen LogP contribution is 2.31. The number of nitrogens with zero attached hydrogens (tertiary/aromatic N) is 2. The summed E-state index contributed by atoms with van der Waals surface area (Å²) in [6.07, 6.45) is 0.543. The number of hydrogen-bond acceptors (Lipinski definition) is 3. The summed E-state index contributed by atoms with van der Waals surface area (Å²) >= 11 is 0. The van der Waals surface area contributed by atoms with Crippen LogP contribution >= 0.6 is 0 Å². The molecule has 1 aromatic rings. The van der Waals surface area contributed by atoms with Gasteiger partial charge in [0, 0.05) is 12.0 Å². The van der Waals surface area contributed by atoms with Gasteiger partial charge in [0.1, 0.15) is 11.9 Å². The largest absolute Gasteiger partial charge is 0.332 e. The Labute approximate surface area is 139 Å². The van der Waals surface area contributed by atoms with Crippen LogP contribution in [0.3, 0.4) is 0 Å². The number of carbonyl (C=O) groups is 3. The molecule has 24 heavy (non-hydrogen) atoms. The highest BCUT2D eigenvalue weighted by molar-refractivity contribution is 6.19. The monoisotopic (exact) mass is 333 g/mol. The highest BCUT2D eigenvalue weighted by Gasteiger charge is 2.51. The molecule has 0 bridgehead atoms. The van der Waals surface area contributed by atoms with Gasteiger partial charge in [-0.15, -0.1) is 0 Å². The summed E-state index contributed by atoms with van der Waals surface area (Å²) in [5, 5.41) is 2.79. The van der Waals surface area contributed by atoms with E-state index in [1.54, 1.807) is 25.7 Å². The summed E-state index contributed by atoms with van der Waals surface area (Å²) in [5.74, 6) is -1.03. The van der Waals surface area contributed by atoms with E-state index in [0.717, 1.165) is 4.90 Å². The molecule has 2 atom stereocenters. The van der Waals surface area contributed by atoms with E-state index in [2.05, 4.69) is 5.32 Å². The zero-order chi connectivity index (χ0) is 17.6. The molecule has 0 saturated carbocycles. The van der Waals surface area contributed by atoms with E-state index in [1.807, 2.05) is 0 Å². The molecule has 0 aliphatic carbocycles. The minimum atomic E-state index is -0.723. The number of likely N-dealkylation sites (tertiary alicyclic amines) is 1. The van der Waals surface area contributed by atoms with Crippen LogP contribution in [0, 0.1) is 11.2 Å². The van der Waals surface area contributed by atoms with Crippen molar-refractivity contribution in [3.63, 3.8) is 0 Å². The smallest absolute Gasteiger partial charge is 0.329 e. The third kappa shape index (κ3) is 2.64. The maximum atomic E-state index is 13.1. The van der Waals surface area contributed by atoms with Gasteiger partial charge in [-0.3, -0.25) is 9.59 Å². The third-order valence-electron chi connectivity index (χ3n) is 4.37. The van der Waals surface area contributed by atoms with Crippen LogP contribution in [0.25, 0.3) is 0 Å². The van der Waals surface area contributed by atoms with Gasteiger partial charge in [-0.1, -0.05) is 20.8 Å². The topological polar surface area (TPSA) is 69.7 Å². The lowest BCUT2D eigenvalue weighted by atomic mass is 9.93. The predicted octanol–water partition coefficient (Wildman–Crippen LogP) is 1.90. The molecule has 4 amide bonds. The quantitative estimate of drug-likeness (QED) is 0.853. The molecule has 1 N–H and O–H groups in total. The second-order valence-electron chi connectivity index (χ2n) is 7.19. The molecule has 6 nitrogen and oxygen atoms in total. The van der Waals surface area contributed by atoms with E-state index in [9.17, 15) is 18.8 Å². The van der Waals surface area contributed by atoms with Crippen molar-refractivity contribution in [3.05, 3.63) is 30.1 Å². The first kappa shape index (κ1) is 16.4. The van der Waals surface area contributed by atoms with Crippen molar-refractivity contribution in [2.75, 3.05) is 11.4 Å². The summed E-state index contributed by atoms with van der Waals surface area (Å²) in [7, 11) is 0. The maximum Gasteiger partial charge on any atom is 0.329 e. The molecular weight excluding hydrogens is 313 g/mol. The summed E-state index contributed by atoms with van der Waals surface area (Å²) in [4.78, 5) is 40.4. The fraction of sp³-hybridized carbons (Fsp3) is 0.471. The second-order valence-corrected chi connectivity index (χ2v) is 7.19. The van der Waals surface area contributed by atoms with Crippen molar-refractivity contribution in [3.8, 4) is 0 Å². The lowest BCUT2D eigenvalue weighted by Crippen LogP contribution is -2.65. The van der Waals surface area contributed by atoms with Gasteiger partial charge in [0.15, 0.2) is 0 Å². The first-order valence-corrected chi connectivity index (χ1v) is 7.91. The van der Waals surface area contributed by atoms with Crippen LogP contribution in [-0.4, -0.2) is 41.4 Å². The first-order valence-electron chi connectivity index (χ1n) is 7.91. The Kier molecular flexibility index (Phi) is 3.81. The van der Waals surface area contributed by atoms with E-state index < -0.39 is 29.2 Å². The average Bonchev–Trinajstić information content (AvgIpc) is 2.91. The standard InChI is InChI=1S/C17H20FN3O3/c1-17(2,3)15(23)20-9-8-12-13(20)14(22)21(16(24)19-12)11-6-4-10(18)5-7-11/h4-7,12-13H,8-9H2,1-3H3,(H,19,24)/t12-,13-/m0/s1. The van der Waals surface area contributed by atoms with Gasteiger partial charge in [-0.05, 0) is 30.7 Å². The van der Waals surface area contributed by atoms with Crippen LogP contribution in [0.4, 0.5) is 14.9 Å². The van der Waals surface area contributed by atoms with Crippen LogP contribution in [-0.2, 0) is 9.59 Å². The number of amides is 4. The fourth-order valence-electron chi connectivity index (χ4n) is 3.20. The normalized spacial score (nSPS) is 24.0. The molecule has 0 aromatic heterocycles. The second kappa shape index (κ2) is 5.58. The summed E-state index contributed by atoms with van der Waals surface area (Å²) < 4.78 is 13.1. The Morgan fingerprint density at radius 3 is 2.42 bits per heavy atom. The van der Waals surface area contributed by atoms with Crippen molar-refractivity contribution in [1.29, 1.82) is 0 Å². The molecule has 3 rings (SSSR count). The van der Waals surface area contributed by atoms with E-state index in [-0.39, 0.29) is 17.6 Å². The molecule has 2 heterocycles. The number of rotatable bonds is 1. The number of anilines is 1. The Morgan fingerprint density at radius 1 is 1.21 bits per heavy atom. The third-order valence-corrected chi connectivity index (χ3v) is 4.37. The predicted molar refractivity (Wildman–Crippen MR) is 85.8 cm³/mol. The zero-order valence-corrected chi connectivity index (χ0v) is 13.9. The minimum Gasteiger partial charge on any atom is -0.332 e. The Balaban J connectivity index is 1.93. The fourth-order valence-corrected chi connectivity index (χ4v) is 3.20. The number of hydrogen-bond donors (Lipinski definition) is 1. The van der Waals surface area contributed by atoms with Crippen LogP contribution < -0.4 is 10.2 Å². The minimum absolute atomic E-state index is 0.126. The van der Waals surface area contributed by atoms with Crippen molar-refractivity contribution < 1.29 is 18.8 Å². The van der Waals surface area contributed by atoms with E-state index >= 15 is 0 Å². The SMILES string of the molecule is CC(C)(C)C(=O)N1CC[C@@H]2NC(=O)N(c3ccc(F)cc3)C(=O)[C@H]21. The Hall–Kier alpha value is -2.44. The molecule has 2 aliphatic heterocycles. The molecule has 1 aromatic carbocycles. The molecule has 0 radical (unpaired) electrons. The van der Waals surface area contributed by atoms with Crippen molar-refractivity contribution in [1.82, 2.24) is 10.2 Å². The molecule has 2 saturated heterocycles. The lowest BCUT2D eigenvalue weighted by Gasteiger charge is -2.38. The molecule has 2 aliphatic rings. The highest BCUT2D eigenvalue weighted by atomic mass is 19.1. The number of halogens is 1. The lowest BCUT2D eigenvalue weighted by molar-refractivity contribution is -0.144. The van der Waals surface area contributed by atoms with E-state index in [4.69, 9.17) is 0 Å². The van der Waals surface area contributed by atoms with E-state index in [1.165, 1.54) is 24.3 Å². The maximum absolute atomic E-state index is 13.1. The van der Waals surface area contributed by atoms with Crippen LogP contribution in [0.2, 0.25) is 0 Å². The Morgan fingerprint density at radius 2 is 1.83 bits per heavy atom. The number of imide groups is 1. The van der Waals surface area contributed by atoms with E-state index in [0.29, 0.717) is 13.0 Å². The molecule has 0 unspecified atom stereocenters. The number of carbonyl (C=O) groups excluding carboxylic acids is 3. The number of fused-ring (bicyclic) bond motifs is 1. The molecule has 0 spiro atoms.